The van der Waals surface area contributed by atoms with E-state index in [9.17, 15) is 0 Å². The van der Waals surface area contributed by atoms with Gasteiger partial charge >= 0.3 is 0 Å². The van der Waals surface area contributed by atoms with E-state index in [1.165, 1.54) is 5.56 Å². The van der Waals surface area contributed by atoms with E-state index < -0.39 is 0 Å². The molecule has 1 rings (SSSR count). The summed E-state index contributed by atoms with van der Waals surface area (Å²) in [5, 5.41) is 0.617. The lowest BCUT2D eigenvalue weighted by atomic mass is 10.2. The van der Waals surface area contributed by atoms with Crippen LogP contribution >= 0.6 is 27.7 Å². The molecule has 2 nitrogen and oxygen atoms in total. The van der Waals surface area contributed by atoms with Crippen molar-refractivity contribution in [3.05, 3.63) is 28.2 Å². The van der Waals surface area contributed by atoms with Gasteiger partial charge in [0, 0.05) is 11.0 Å². The number of hydrogen-bond donors (Lipinski definition) is 1. The van der Waals surface area contributed by atoms with Crippen LogP contribution in [-0.2, 0) is 5.75 Å². The summed E-state index contributed by atoms with van der Waals surface area (Å²) in [6.45, 7) is 2.98. The van der Waals surface area contributed by atoms with Gasteiger partial charge in [0.05, 0.1) is 11.6 Å². The Labute approximate surface area is 110 Å². The molecule has 0 fully saturated rings. The minimum absolute atomic E-state index is 0.617. The standard InChI is InChI=1S/C12H18BrNOS/c1-9(5-6-14)16-8-10-3-4-12(15-2)11(13)7-10/h3-4,7,9H,5-6,8,14H2,1-2H3. The second-order valence-electron chi connectivity index (χ2n) is 3.67. The van der Waals surface area contributed by atoms with Crippen molar-refractivity contribution in [2.24, 2.45) is 5.73 Å². The molecule has 1 unspecified atom stereocenters. The van der Waals surface area contributed by atoms with Gasteiger partial charge in [-0.2, -0.15) is 11.8 Å². The van der Waals surface area contributed by atoms with E-state index in [2.05, 4.69) is 35.0 Å². The third-order valence-electron chi connectivity index (χ3n) is 2.32. The maximum absolute atomic E-state index is 5.52. The van der Waals surface area contributed by atoms with Crippen LogP contribution in [-0.4, -0.2) is 18.9 Å². The largest absolute Gasteiger partial charge is 0.496 e. The molecule has 0 heterocycles. The van der Waals surface area contributed by atoms with E-state index in [0.29, 0.717) is 5.25 Å². The van der Waals surface area contributed by atoms with E-state index >= 15 is 0 Å². The fourth-order valence-electron chi connectivity index (χ4n) is 1.36. The van der Waals surface area contributed by atoms with Gasteiger partial charge in [-0.1, -0.05) is 13.0 Å². The van der Waals surface area contributed by atoms with Crippen LogP contribution in [0.4, 0.5) is 0 Å². The van der Waals surface area contributed by atoms with Gasteiger partial charge in [0.2, 0.25) is 0 Å². The Hall–Kier alpha value is -0.190. The second kappa shape index (κ2) is 7.20. The average Bonchev–Trinajstić information content (AvgIpc) is 2.27. The first-order valence-corrected chi connectivity index (χ1v) is 7.15. The molecule has 0 aliphatic rings. The minimum Gasteiger partial charge on any atom is -0.496 e. The Morgan fingerprint density at radius 2 is 2.25 bits per heavy atom. The molecule has 0 radical (unpaired) electrons. The predicted molar refractivity (Wildman–Crippen MR) is 75.1 cm³/mol. The van der Waals surface area contributed by atoms with Crippen molar-refractivity contribution in [1.82, 2.24) is 0 Å². The molecular formula is C12H18BrNOS. The first kappa shape index (κ1) is 13.9. The van der Waals surface area contributed by atoms with Gasteiger partial charge in [-0.15, -0.1) is 0 Å². The van der Waals surface area contributed by atoms with E-state index in [1.807, 2.05) is 17.8 Å². The minimum atomic E-state index is 0.617. The molecule has 4 heteroatoms. The third-order valence-corrected chi connectivity index (χ3v) is 4.25. The number of hydrogen-bond acceptors (Lipinski definition) is 3. The van der Waals surface area contributed by atoms with Gasteiger partial charge in [0.1, 0.15) is 5.75 Å². The molecule has 0 aromatic heterocycles. The van der Waals surface area contributed by atoms with E-state index in [4.69, 9.17) is 10.5 Å². The maximum atomic E-state index is 5.52. The predicted octanol–water partition coefficient (Wildman–Crippen LogP) is 3.43. The van der Waals surface area contributed by atoms with Crippen LogP contribution in [0.3, 0.4) is 0 Å². The molecule has 16 heavy (non-hydrogen) atoms. The fraction of sp³-hybridized carbons (Fsp3) is 0.500. The van der Waals surface area contributed by atoms with Gasteiger partial charge in [0.25, 0.3) is 0 Å². The molecule has 1 aromatic rings. The highest BCUT2D eigenvalue weighted by atomic mass is 79.9. The molecule has 0 saturated heterocycles. The van der Waals surface area contributed by atoms with Crippen LogP contribution in [0.25, 0.3) is 0 Å². The maximum Gasteiger partial charge on any atom is 0.133 e. The van der Waals surface area contributed by atoms with Crippen LogP contribution in [0.5, 0.6) is 5.75 Å². The zero-order chi connectivity index (χ0) is 12.0. The molecule has 0 aliphatic heterocycles. The normalized spacial score (nSPS) is 12.5. The summed E-state index contributed by atoms with van der Waals surface area (Å²) in [7, 11) is 1.68. The monoisotopic (exact) mass is 303 g/mol. The van der Waals surface area contributed by atoms with Crippen LogP contribution in [0.1, 0.15) is 18.9 Å². The van der Waals surface area contributed by atoms with Crippen molar-refractivity contribution >= 4 is 27.7 Å². The van der Waals surface area contributed by atoms with Crippen molar-refractivity contribution in [3.63, 3.8) is 0 Å². The molecule has 0 aliphatic carbocycles. The molecule has 0 amide bonds. The fourth-order valence-corrected chi connectivity index (χ4v) is 2.90. The van der Waals surface area contributed by atoms with Gasteiger partial charge in [0.15, 0.2) is 0 Å². The Morgan fingerprint density at radius 3 is 2.81 bits per heavy atom. The van der Waals surface area contributed by atoms with Crippen molar-refractivity contribution in [3.8, 4) is 5.75 Å². The average molecular weight is 304 g/mol. The van der Waals surface area contributed by atoms with Crippen molar-refractivity contribution in [1.29, 1.82) is 0 Å². The number of ether oxygens (including phenoxy) is 1. The SMILES string of the molecule is COc1ccc(CSC(C)CCN)cc1Br. The Balaban J connectivity index is 2.51. The number of halogens is 1. The van der Waals surface area contributed by atoms with Crippen molar-refractivity contribution in [2.45, 2.75) is 24.3 Å². The van der Waals surface area contributed by atoms with Gasteiger partial charge < -0.3 is 10.5 Å². The number of nitrogens with two attached hydrogens (primary N) is 1. The summed E-state index contributed by atoms with van der Waals surface area (Å²) < 4.78 is 6.21. The smallest absolute Gasteiger partial charge is 0.133 e. The highest BCUT2D eigenvalue weighted by Crippen LogP contribution is 2.28. The van der Waals surface area contributed by atoms with E-state index in [1.54, 1.807) is 7.11 Å². The quantitative estimate of drug-likeness (QED) is 0.874. The van der Waals surface area contributed by atoms with Crippen LogP contribution in [0, 0.1) is 0 Å². The summed E-state index contributed by atoms with van der Waals surface area (Å²) in [5.74, 6) is 1.90. The van der Waals surface area contributed by atoms with Gasteiger partial charge in [-0.3, -0.25) is 0 Å². The van der Waals surface area contributed by atoms with Crippen molar-refractivity contribution < 1.29 is 4.74 Å². The molecule has 90 valence electrons. The Bertz CT molecular complexity index is 333. The summed E-state index contributed by atoms with van der Waals surface area (Å²) in [6.07, 6.45) is 1.07. The number of thioether (sulfide) groups is 1. The lowest BCUT2D eigenvalue weighted by Gasteiger charge is -2.10. The Morgan fingerprint density at radius 1 is 1.50 bits per heavy atom. The molecule has 1 atom stereocenters. The van der Waals surface area contributed by atoms with Crippen molar-refractivity contribution in [2.75, 3.05) is 13.7 Å². The first-order valence-electron chi connectivity index (χ1n) is 5.31. The molecule has 0 bridgehead atoms. The zero-order valence-corrected chi connectivity index (χ0v) is 12.1. The lowest BCUT2D eigenvalue weighted by Crippen LogP contribution is -2.07. The van der Waals surface area contributed by atoms with Crippen LogP contribution < -0.4 is 10.5 Å². The van der Waals surface area contributed by atoms with E-state index in [0.717, 1.165) is 28.9 Å². The first-order chi connectivity index (χ1) is 7.67. The summed E-state index contributed by atoms with van der Waals surface area (Å²) in [5.41, 5.74) is 6.83. The van der Waals surface area contributed by atoms with Gasteiger partial charge in [-0.05, 0) is 46.6 Å². The number of rotatable bonds is 6. The van der Waals surface area contributed by atoms with Crippen LogP contribution in [0.2, 0.25) is 0 Å². The molecule has 1 aromatic carbocycles. The Kier molecular flexibility index (Phi) is 6.24. The highest BCUT2D eigenvalue weighted by Gasteiger charge is 2.04. The van der Waals surface area contributed by atoms with Crippen LogP contribution in [0.15, 0.2) is 22.7 Å². The number of benzene rings is 1. The third kappa shape index (κ3) is 4.36. The number of methoxy groups -OCH3 is 1. The summed E-state index contributed by atoms with van der Waals surface area (Å²) in [6, 6.07) is 6.21. The summed E-state index contributed by atoms with van der Waals surface area (Å²) >= 11 is 5.43. The molecule has 2 N–H and O–H groups in total. The highest BCUT2D eigenvalue weighted by molar-refractivity contribution is 9.10. The van der Waals surface area contributed by atoms with E-state index in [-0.39, 0.29) is 0 Å². The zero-order valence-electron chi connectivity index (χ0n) is 9.70. The molecular weight excluding hydrogens is 286 g/mol. The van der Waals surface area contributed by atoms with Gasteiger partial charge in [-0.25, -0.2) is 0 Å². The lowest BCUT2D eigenvalue weighted by molar-refractivity contribution is 0.412. The summed E-state index contributed by atoms with van der Waals surface area (Å²) in [4.78, 5) is 0. The second-order valence-corrected chi connectivity index (χ2v) is 5.95. The topological polar surface area (TPSA) is 35.2 Å². The molecule has 0 saturated carbocycles. The molecule has 0 spiro atoms.